The molecule has 0 N–H and O–H groups in total. The lowest BCUT2D eigenvalue weighted by molar-refractivity contribution is 0.309. The molecule has 2 rings (SSSR count). The fourth-order valence-electron chi connectivity index (χ4n) is 2.04. The van der Waals surface area contributed by atoms with Gasteiger partial charge in [-0.25, -0.2) is 0 Å². The molecule has 0 heterocycles. The van der Waals surface area contributed by atoms with E-state index in [4.69, 9.17) is 9.02 Å². The molecule has 0 aliphatic rings. The van der Waals surface area contributed by atoms with Crippen molar-refractivity contribution < 1.29 is 17.4 Å². The van der Waals surface area contributed by atoms with E-state index >= 15 is 0 Å². The molecular formula is C19H20N2O4S. The highest BCUT2D eigenvalue weighted by Gasteiger charge is 2.16. The predicted octanol–water partition coefficient (Wildman–Crippen LogP) is 3.81. The van der Waals surface area contributed by atoms with Crippen molar-refractivity contribution in [2.45, 2.75) is 31.6 Å². The summed E-state index contributed by atoms with van der Waals surface area (Å²) in [6, 6.07) is 14.7. The first-order valence-corrected chi connectivity index (χ1v) is 9.58. The molecular weight excluding hydrogens is 352 g/mol. The van der Waals surface area contributed by atoms with E-state index in [0.717, 1.165) is 18.4 Å². The van der Waals surface area contributed by atoms with Gasteiger partial charge >= 0.3 is 10.1 Å². The van der Waals surface area contributed by atoms with Gasteiger partial charge in [0.2, 0.25) is 0 Å². The smallest absolute Gasteiger partial charge is 0.358 e. The van der Waals surface area contributed by atoms with Gasteiger partial charge in [0.15, 0.2) is 5.71 Å². The summed E-state index contributed by atoms with van der Waals surface area (Å²) in [6.07, 6.45) is 1.93. The second-order valence-electron chi connectivity index (χ2n) is 5.62. The van der Waals surface area contributed by atoms with Gasteiger partial charge in [0.05, 0.1) is 6.61 Å². The van der Waals surface area contributed by atoms with Gasteiger partial charge in [0.25, 0.3) is 0 Å². The molecule has 0 aromatic heterocycles. The van der Waals surface area contributed by atoms with Crippen molar-refractivity contribution >= 4 is 15.8 Å². The number of hydrogen-bond acceptors (Lipinski definition) is 6. The molecule has 0 unspecified atom stereocenters. The minimum Gasteiger partial charge on any atom is -0.494 e. The van der Waals surface area contributed by atoms with Crippen LogP contribution < -0.4 is 4.74 Å². The van der Waals surface area contributed by atoms with Crippen LogP contribution in [-0.2, 0) is 14.4 Å². The van der Waals surface area contributed by atoms with Gasteiger partial charge in [-0.2, -0.15) is 13.7 Å². The third-order valence-electron chi connectivity index (χ3n) is 3.52. The molecule has 0 fully saturated rings. The molecule has 136 valence electrons. The quantitative estimate of drug-likeness (QED) is 0.399. The molecule has 0 aliphatic carbocycles. The Morgan fingerprint density at radius 1 is 1.19 bits per heavy atom. The Morgan fingerprint density at radius 2 is 1.92 bits per heavy atom. The van der Waals surface area contributed by atoms with Crippen molar-refractivity contribution in [3.05, 3.63) is 59.7 Å². The van der Waals surface area contributed by atoms with Gasteiger partial charge in [0, 0.05) is 5.56 Å². The molecule has 26 heavy (non-hydrogen) atoms. The Kier molecular flexibility index (Phi) is 6.75. The summed E-state index contributed by atoms with van der Waals surface area (Å²) in [5.74, 6) is 0.584. The summed E-state index contributed by atoms with van der Waals surface area (Å²) >= 11 is 0. The second-order valence-corrected chi connectivity index (χ2v) is 7.15. The first-order chi connectivity index (χ1) is 12.5. The largest absolute Gasteiger partial charge is 0.494 e. The highest BCUT2D eigenvalue weighted by Crippen LogP contribution is 2.17. The number of unbranched alkanes of at least 4 members (excludes halogenated alkanes) is 1. The standard InChI is InChI=1S/C19H20N2O4S/c1-3-4-12-24-17-7-5-6-16(13-17)19(14-20)21-25-26(22,23)18-10-8-15(2)9-11-18/h5-11,13H,3-4,12H2,1-2H3/b21-19+. The molecule has 0 aliphatic heterocycles. The summed E-state index contributed by atoms with van der Waals surface area (Å²) in [6.45, 7) is 4.47. The highest BCUT2D eigenvalue weighted by molar-refractivity contribution is 7.86. The topological polar surface area (TPSA) is 88.8 Å². The number of oxime groups is 1. The number of aryl methyl sites for hydroxylation is 1. The van der Waals surface area contributed by atoms with Crippen LogP contribution in [0.4, 0.5) is 0 Å². The van der Waals surface area contributed by atoms with Crippen LogP contribution in [0, 0.1) is 18.3 Å². The lowest BCUT2D eigenvalue weighted by Crippen LogP contribution is -2.06. The molecule has 0 amide bonds. The maximum Gasteiger partial charge on any atom is 0.358 e. The molecule has 7 heteroatoms. The Balaban J connectivity index is 2.18. The minimum atomic E-state index is -4.09. The Morgan fingerprint density at radius 3 is 2.58 bits per heavy atom. The highest BCUT2D eigenvalue weighted by atomic mass is 32.2. The molecule has 0 saturated carbocycles. The van der Waals surface area contributed by atoms with Gasteiger partial charge in [-0.05, 0) is 37.6 Å². The van der Waals surface area contributed by atoms with Crippen LogP contribution in [0.2, 0.25) is 0 Å². The van der Waals surface area contributed by atoms with Crippen LogP contribution >= 0.6 is 0 Å². The number of nitrogens with zero attached hydrogens (tertiary/aromatic N) is 2. The van der Waals surface area contributed by atoms with Crippen LogP contribution in [0.3, 0.4) is 0 Å². The first-order valence-electron chi connectivity index (χ1n) is 8.18. The average Bonchev–Trinajstić information content (AvgIpc) is 2.63. The van der Waals surface area contributed by atoms with Gasteiger partial charge < -0.3 is 4.74 Å². The van der Waals surface area contributed by atoms with E-state index in [1.807, 2.05) is 13.0 Å². The molecule has 0 bridgehead atoms. The number of rotatable bonds is 8. The Bertz CT molecular complexity index is 913. The zero-order valence-electron chi connectivity index (χ0n) is 14.7. The lowest BCUT2D eigenvalue weighted by Gasteiger charge is -2.07. The van der Waals surface area contributed by atoms with Gasteiger partial charge in [-0.3, -0.25) is 4.28 Å². The van der Waals surface area contributed by atoms with Crippen molar-refractivity contribution in [3.63, 3.8) is 0 Å². The third-order valence-corrected chi connectivity index (χ3v) is 4.64. The molecule has 0 atom stereocenters. The molecule has 0 radical (unpaired) electrons. The van der Waals surface area contributed by atoms with E-state index in [9.17, 15) is 13.7 Å². The van der Waals surface area contributed by atoms with E-state index in [1.165, 1.54) is 12.1 Å². The maximum atomic E-state index is 12.2. The minimum absolute atomic E-state index is 0.0270. The third kappa shape index (κ3) is 5.33. The fraction of sp³-hybridized carbons (Fsp3) is 0.263. The van der Waals surface area contributed by atoms with Crippen LogP contribution in [0.1, 0.15) is 30.9 Å². The van der Waals surface area contributed by atoms with E-state index in [-0.39, 0.29) is 10.6 Å². The van der Waals surface area contributed by atoms with E-state index < -0.39 is 10.1 Å². The van der Waals surface area contributed by atoms with Gasteiger partial charge in [0.1, 0.15) is 16.7 Å². The van der Waals surface area contributed by atoms with E-state index in [0.29, 0.717) is 17.9 Å². The lowest BCUT2D eigenvalue weighted by atomic mass is 10.1. The average molecular weight is 372 g/mol. The molecule has 2 aromatic carbocycles. The molecule has 0 saturated heterocycles. The van der Waals surface area contributed by atoms with Crippen molar-refractivity contribution in [2.24, 2.45) is 5.16 Å². The number of nitriles is 1. The van der Waals surface area contributed by atoms with E-state index in [2.05, 4.69) is 12.1 Å². The van der Waals surface area contributed by atoms with Crippen LogP contribution in [0.25, 0.3) is 0 Å². The Hall–Kier alpha value is -2.85. The summed E-state index contributed by atoms with van der Waals surface area (Å²) in [7, 11) is -4.09. The predicted molar refractivity (Wildman–Crippen MR) is 98.4 cm³/mol. The molecule has 0 spiro atoms. The van der Waals surface area contributed by atoms with E-state index in [1.54, 1.807) is 36.4 Å². The Labute approximate surface area is 153 Å². The van der Waals surface area contributed by atoms with Crippen molar-refractivity contribution in [1.82, 2.24) is 0 Å². The molecule has 2 aromatic rings. The number of hydrogen-bond donors (Lipinski definition) is 0. The zero-order valence-corrected chi connectivity index (χ0v) is 15.5. The summed E-state index contributed by atoms with van der Waals surface area (Å²) < 4.78 is 34.6. The normalized spacial score (nSPS) is 11.7. The van der Waals surface area contributed by atoms with Crippen LogP contribution in [-0.4, -0.2) is 20.7 Å². The second kappa shape index (κ2) is 9.02. The number of ether oxygens (including phenoxy) is 1. The SMILES string of the molecule is CCCCOc1cccc(/C(C#N)=N/OS(=O)(=O)c2ccc(C)cc2)c1. The summed E-state index contributed by atoms with van der Waals surface area (Å²) in [4.78, 5) is -0.0270. The van der Waals surface area contributed by atoms with Gasteiger partial charge in [-0.1, -0.05) is 48.3 Å². The monoisotopic (exact) mass is 372 g/mol. The first kappa shape index (κ1) is 19.5. The van der Waals surface area contributed by atoms with Crippen molar-refractivity contribution in [3.8, 4) is 11.8 Å². The van der Waals surface area contributed by atoms with Crippen molar-refractivity contribution in [2.75, 3.05) is 6.61 Å². The maximum absolute atomic E-state index is 12.2. The summed E-state index contributed by atoms with van der Waals surface area (Å²) in [5, 5.41) is 12.8. The van der Waals surface area contributed by atoms with Crippen LogP contribution in [0.15, 0.2) is 58.6 Å². The zero-order chi connectivity index (χ0) is 19.0. The van der Waals surface area contributed by atoms with Crippen LogP contribution in [0.5, 0.6) is 5.75 Å². The molecule has 6 nitrogen and oxygen atoms in total. The number of benzene rings is 2. The van der Waals surface area contributed by atoms with Crippen molar-refractivity contribution in [1.29, 1.82) is 5.26 Å². The van der Waals surface area contributed by atoms with Gasteiger partial charge in [-0.15, -0.1) is 0 Å². The fourth-order valence-corrected chi connectivity index (χ4v) is 2.77. The summed E-state index contributed by atoms with van der Waals surface area (Å²) in [5.41, 5.74) is 1.19.